The summed E-state index contributed by atoms with van der Waals surface area (Å²) >= 11 is 10.9. The molecule has 0 atom stereocenters. The largest absolute Gasteiger partial charge is 0.247 e. The van der Waals surface area contributed by atoms with Crippen LogP contribution < -0.4 is 0 Å². The van der Waals surface area contributed by atoms with Gasteiger partial charge in [-0.2, -0.15) is 0 Å². The summed E-state index contributed by atoms with van der Waals surface area (Å²) in [6.45, 7) is 2.08. The molecule has 0 amide bonds. The average Bonchev–Trinajstić information content (AvgIpc) is 2.22. The van der Waals surface area contributed by atoms with Crippen molar-refractivity contribution >= 4 is 39.3 Å². The van der Waals surface area contributed by atoms with Crippen LogP contribution in [0.4, 0.5) is 0 Å². The highest BCUT2D eigenvalue weighted by Gasteiger charge is 2.04. The first-order chi connectivity index (χ1) is 7.65. The number of nitrogens with zero attached hydrogens (tertiary/aromatic N) is 1. The lowest BCUT2D eigenvalue weighted by Gasteiger charge is -2.04. The predicted molar refractivity (Wildman–Crippen MR) is 72.2 cm³/mol. The quantitative estimate of drug-likeness (QED) is 0.777. The fraction of sp³-hybridized carbons (Fsp3) is 0.0833. The van der Waals surface area contributed by atoms with Gasteiger partial charge in [0.05, 0.1) is 9.50 Å². The lowest BCUT2D eigenvalue weighted by atomic mass is 10.2. The minimum Gasteiger partial charge on any atom is -0.247 e. The number of benzene rings is 1. The van der Waals surface area contributed by atoms with Crippen molar-refractivity contribution in [1.82, 2.24) is 4.98 Å². The Kier molecular flexibility index (Phi) is 3.90. The van der Waals surface area contributed by atoms with Crippen molar-refractivity contribution in [2.75, 3.05) is 0 Å². The molecule has 0 spiro atoms. The third kappa shape index (κ3) is 3.00. The lowest BCUT2D eigenvalue weighted by Crippen LogP contribution is -1.82. The lowest BCUT2D eigenvalue weighted by molar-refractivity contribution is 1.11. The molecule has 0 unspecified atom stereocenters. The molecule has 2 rings (SSSR count). The Labute approximate surface area is 112 Å². The topological polar surface area (TPSA) is 12.9 Å². The zero-order chi connectivity index (χ0) is 11.5. The van der Waals surface area contributed by atoms with Crippen LogP contribution in [-0.2, 0) is 0 Å². The van der Waals surface area contributed by atoms with Crippen LogP contribution in [0.15, 0.2) is 50.9 Å². The van der Waals surface area contributed by atoms with Gasteiger partial charge in [-0.25, -0.2) is 4.98 Å². The summed E-state index contributed by atoms with van der Waals surface area (Å²) in [5.41, 5.74) is 1.25. The Bertz CT molecular complexity index is 516. The SMILES string of the molecule is Cc1cccc(Sc2ncc(Cl)cc2Br)c1. The first kappa shape index (κ1) is 12.0. The van der Waals surface area contributed by atoms with E-state index in [4.69, 9.17) is 11.6 Å². The molecule has 16 heavy (non-hydrogen) atoms. The van der Waals surface area contributed by atoms with E-state index in [1.54, 1.807) is 18.0 Å². The van der Waals surface area contributed by atoms with Crippen molar-refractivity contribution in [3.63, 3.8) is 0 Å². The minimum absolute atomic E-state index is 0.639. The van der Waals surface area contributed by atoms with E-state index in [1.165, 1.54) is 10.5 Å². The van der Waals surface area contributed by atoms with Gasteiger partial charge in [0.25, 0.3) is 0 Å². The van der Waals surface area contributed by atoms with E-state index >= 15 is 0 Å². The highest BCUT2D eigenvalue weighted by molar-refractivity contribution is 9.10. The van der Waals surface area contributed by atoms with E-state index in [9.17, 15) is 0 Å². The molecule has 0 fully saturated rings. The average molecular weight is 315 g/mol. The molecule has 0 saturated heterocycles. The van der Waals surface area contributed by atoms with Crippen LogP contribution in [0.5, 0.6) is 0 Å². The Morgan fingerprint density at radius 1 is 1.31 bits per heavy atom. The molecule has 2 aromatic rings. The molecule has 0 radical (unpaired) electrons. The second kappa shape index (κ2) is 5.21. The maximum absolute atomic E-state index is 5.84. The van der Waals surface area contributed by atoms with Gasteiger partial charge in [0, 0.05) is 11.1 Å². The number of halogens is 2. The van der Waals surface area contributed by atoms with Crippen molar-refractivity contribution in [3.8, 4) is 0 Å². The van der Waals surface area contributed by atoms with E-state index in [0.717, 1.165) is 9.50 Å². The second-order valence-electron chi connectivity index (χ2n) is 3.36. The molecular weight excluding hydrogens is 306 g/mol. The van der Waals surface area contributed by atoms with Gasteiger partial charge < -0.3 is 0 Å². The van der Waals surface area contributed by atoms with Gasteiger partial charge >= 0.3 is 0 Å². The van der Waals surface area contributed by atoms with Crippen molar-refractivity contribution in [2.45, 2.75) is 16.8 Å². The van der Waals surface area contributed by atoms with Crippen LogP contribution >= 0.6 is 39.3 Å². The molecule has 1 aromatic carbocycles. The van der Waals surface area contributed by atoms with Gasteiger partial charge in [-0.05, 0) is 41.1 Å². The van der Waals surface area contributed by atoms with Crippen LogP contribution in [0.3, 0.4) is 0 Å². The Morgan fingerprint density at radius 2 is 2.12 bits per heavy atom. The molecule has 1 heterocycles. The van der Waals surface area contributed by atoms with E-state index < -0.39 is 0 Å². The summed E-state index contributed by atoms with van der Waals surface area (Å²) in [6.07, 6.45) is 1.66. The predicted octanol–water partition coefficient (Wildman–Crippen LogP) is 4.96. The van der Waals surface area contributed by atoms with Gasteiger partial charge in [-0.1, -0.05) is 41.1 Å². The summed E-state index contributed by atoms with van der Waals surface area (Å²) in [6, 6.07) is 10.2. The molecule has 0 aliphatic carbocycles. The molecular formula is C12H9BrClNS. The van der Waals surface area contributed by atoms with Crippen LogP contribution in [0.2, 0.25) is 5.02 Å². The summed E-state index contributed by atoms with van der Waals surface area (Å²) < 4.78 is 0.923. The highest BCUT2D eigenvalue weighted by Crippen LogP contribution is 2.33. The molecule has 0 N–H and O–H groups in total. The van der Waals surface area contributed by atoms with Crippen molar-refractivity contribution < 1.29 is 0 Å². The molecule has 0 aliphatic heterocycles. The normalized spacial score (nSPS) is 10.4. The van der Waals surface area contributed by atoms with Gasteiger partial charge in [0.2, 0.25) is 0 Å². The molecule has 0 aliphatic rings. The summed E-state index contributed by atoms with van der Waals surface area (Å²) in [5.74, 6) is 0. The molecule has 1 nitrogen and oxygen atoms in total. The third-order valence-electron chi connectivity index (χ3n) is 1.98. The van der Waals surface area contributed by atoms with E-state index in [-0.39, 0.29) is 0 Å². The van der Waals surface area contributed by atoms with Gasteiger partial charge in [0.15, 0.2) is 0 Å². The van der Waals surface area contributed by atoms with E-state index in [0.29, 0.717) is 5.02 Å². The summed E-state index contributed by atoms with van der Waals surface area (Å²) in [7, 11) is 0. The monoisotopic (exact) mass is 313 g/mol. The Balaban J connectivity index is 2.27. The van der Waals surface area contributed by atoms with E-state index in [1.807, 2.05) is 12.1 Å². The molecule has 0 saturated carbocycles. The number of aryl methyl sites for hydroxylation is 1. The highest BCUT2D eigenvalue weighted by atomic mass is 79.9. The van der Waals surface area contributed by atoms with Crippen molar-refractivity contribution in [1.29, 1.82) is 0 Å². The van der Waals surface area contributed by atoms with Gasteiger partial charge in [-0.3, -0.25) is 0 Å². The Hall–Kier alpha value is -0.510. The number of rotatable bonds is 2. The third-order valence-corrected chi connectivity index (χ3v) is 4.06. The zero-order valence-corrected chi connectivity index (χ0v) is 11.7. The number of hydrogen-bond acceptors (Lipinski definition) is 2. The molecule has 82 valence electrons. The maximum atomic E-state index is 5.84. The smallest absolute Gasteiger partial charge is 0.115 e. The summed E-state index contributed by atoms with van der Waals surface area (Å²) in [5, 5.41) is 1.57. The van der Waals surface area contributed by atoms with E-state index in [2.05, 4.69) is 46.0 Å². The summed E-state index contributed by atoms with van der Waals surface area (Å²) in [4.78, 5) is 5.46. The van der Waals surface area contributed by atoms with Crippen LogP contribution in [-0.4, -0.2) is 4.98 Å². The fourth-order valence-corrected chi connectivity index (χ4v) is 3.03. The fourth-order valence-electron chi connectivity index (χ4n) is 1.27. The Morgan fingerprint density at radius 3 is 2.81 bits per heavy atom. The minimum atomic E-state index is 0.639. The number of aromatic nitrogens is 1. The van der Waals surface area contributed by atoms with Crippen LogP contribution in [0, 0.1) is 6.92 Å². The first-order valence-electron chi connectivity index (χ1n) is 4.71. The molecule has 0 bridgehead atoms. The van der Waals surface area contributed by atoms with Crippen molar-refractivity contribution in [3.05, 3.63) is 51.6 Å². The standard InChI is InChI=1S/C12H9BrClNS/c1-8-3-2-4-10(5-8)16-12-11(13)6-9(14)7-15-12/h2-7H,1H3. The second-order valence-corrected chi connectivity index (χ2v) is 5.71. The molecule has 1 aromatic heterocycles. The van der Waals surface area contributed by atoms with Crippen LogP contribution in [0.1, 0.15) is 5.56 Å². The van der Waals surface area contributed by atoms with Crippen molar-refractivity contribution in [2.24, 2.45) is 0 Å². The number of pyridine rings is 1. The number of hydrogen-bond donors (Lipinski definition) is 0. The van der Waals surface area contributed by atoms with Gasteiger partial charge in [0.1, 0.15) is 5.03 Å². The molecule has 4 heteroatoms. The van der Waals surface area contributed by atoms with Crippen LogP contribution in [0.25, 0.3) is 0 Å². The maximum Gasteiger partial charge on any atom is 0.115 e. The first-order valence-corrected chi connectivity index (χ1v) is 6.69. The zero-order valence-electron chi connectivity index (χ0n) is 8.58. The van der Waals surface area contributed by atoms with Gasteiger partial charge in [-0.15, -0.1) is 0 Å².